The minimum atomic E-state index is -0.583. The van der Waals surface area contributed by atoms with Crippen LogP contribution in [0.15, 0.2) is 42.5 Å². The summed E-state index contributed by atoms with van der Waals surface area (Å²) in [6, 6.07) is 11.2. The number of para-hydroxylation sites is 1. The summed E-state index contributed by atoms with van der Waals surface area (Å²) in [6.45, 7) is 2.48. The van der Waals surface area contributed by atoms with Gasteiger partial charge in [0.1, 0.15) is 0 Å². The van der Waals surface area contributed by atoms with Gasteiger partial charge in [0.05, 0.1) is 32.0 Å². The average molecular weight is 372 g/mol. The fraction of sp³-hybridized carbons (Fsp3) is 0.333. The fourth-order valence-corrected chi connectivity index (χ4v) is 2.41. The van der Waals surface area contributed by atoms with E-state index in [1.54, 1.807) is 18.2 Å². The van der Waals surface area contributed by atoms with E-state index in [1.807, 2.05) is 0 Å². The second-order valence-corrected chi connectivity index (χ2v) is 5.80. The zero-order valence-electron chi connectivity index (χ0n) is 15.8. The molecule has 0 atom stereocenters. The molecule has 0 N–H and O–H groups in total. The number of hydrogen-bond acceptors (Lipinski definition) is 6. The zero-order chi connectivity index (χ0) is 19.6. The molecule has 0 heterocycles. The van der Waals surface area contributed by atoms with Gasteiger partial charge in [0.25, 0.3) is 0 Å². The van der Waals surface area contributed by atoms with Crippen molar-refractivity contribution in [2.45, 2.75) is 26.2 Å². The third-order valence-corrected chi connectivity index (χ3v) is 3.91. The van der Waals surface area contributed by atoms with Crippen LogP contribution in [0.4, 0.5) is 0 Å². The van der Waals surface area contributed by atoms with E-state index < -0.39 is 11.9 Å². The van der Waals surface area contributed by atoms with E-state index in [4.69, 9.17) is 18.9 Å². The van der Waals surface area contributed by atoms with Gasteiger partial charge in [-0.05, 0) is 42.8 Å². The SMILES string of the molecule is CCCCCOC(=O)c1ccc(C(=O)Oc2c(OC)cccc2OC)cc1. The molecule has 0 aromatic heterocycles. The minimum absolute atomic E-state index is 0.201. The van der Waals surface area contributed by atoms with Crippen molar-refractivity contribution in [2.24, 2.45) is 0 Å². The van der Waals surface area contributed by atoms with Crippen molar-refractivity contribution in [2.75, 3.05) is 20.8 Å². The van der Waals surface area contributed by atoms with Crippen molar-refractivity contribution in [1.29, 1.82) is 0 Å². The summed E-state index contributed by atoms with van der Waals surface area (Å²) in [6.07, 6.45) is 2.92. The molecule has 0 aliphatic carbocycles. The number of benzene rings is 2. The quantitative estimate of drug-likeness (QED) is 0.372. The molecule has 6 nitrogen and oxygen atoms in total. The van der Waals surface area contributed by atoms with E-state index >= 15 is 0 Å². The van der Waals surface area contributed by atoms with Gasteiger partial charge in [-0.15, -0.1) is 0 Å². The molecule has 0 saturated heterocycles. The third kappa shape index (κ3) is 5.48. The molecule has 27 heavy (non-hydrogen) atoms. The van der Waals surface area contributed by atoms with Crippen molar-refractivity contribution in [3.8, 4) is 17.2 Å². The lowest BCUT2D eigenvalue weighted by Gasteiger charge is -2.12. The summed E-state index contributed by atoms with van der Waals surface area (Å²) >= 11 is 0. The Morgan fingerprint density at radius 3 is 1.89 bits per heavy atom. The molecule has 0 bridgehead atoms. The Balaban J connectivity index is 2.05. The monoisotopic (exact) mass is 372 g/mol. The van der Waals surface area contributed by atoms with Crippen LogP contribution in [0.5, 0.6) is 17.2 Å². The molecule has 0 aliphatic heterocycles. The highest BCUT2D eigenvalue weighted by molar-refractivity contribution is 5.94. The molecule has 0 saturated carbocycles. The van der Waals surface area contributed by atoms with Crippen molar-refractivity contribution in [1.82, 2.24) is 0 Å². The van der Waals surface area contributed by atoms with Crippen molar-refractivity contribution < 1.29 is 28.5 Å². The highest BCUT2D eigenvalue weighted by atomic mass is 16.6. The molecule has 6 heteroatoms. The van der Waals surface area contributed by atoms with Crippen LogP contribution in [-0.4, -0.2) is 32.8 Å². The lowest BCUT2D eigenvalue weighted by Crippen LogP contribution is -2.11. The smallest absolute Gasteiger partial charge is 0.343 e. The topological polar surface area (TPSA) is 71.1 Å². The summed E-state index contributed by atoms with van der Waals surface area (Å²) in [5.74, 6) is -0.0186. The van der Waals surface area contributed by atoms with Gasteiger partial charge in [-0.25, -0.2) is 9.59 Å². The van der Waals surface area contributed by atoms with Crippen LogP contribution >= 0.6 is 0 Å². The Bertz CT molecular complexity index is 744. The molecular formula is C21H24O6. The predicted octanol–water partition coefficient (Wildman–Crippen LogP) is 4.27. The van der Waals surface area contributed by atoms with E-state index in [-0.39, 0.29) is 5.75 Å². The van der Waals surface area contributed by atoms with Crippen LogP contribution in [0, 0.1) is 0 Å². The van der Waals surface area contributed by atoms with E-state index in [0.717, 1.165) is 19.3 Å². The van der Waals surface area contributed by atoms with Gasteiger partial charge < -0.3 is 18.9 Å². The molecule has 0 spiro atoms. The van der Waals surface area contributed by atoms with Crippen LogP contribution < -0.4 is 14.2 Å². The lowest BCUT2D eigenvalue weighted by atomic mass is 10.1. The standard InChI is InChI=1S/C21H24O6/c1-4-5-6-14-26-20(22)15-10-12-16(13-11-15)21(23)27-19-17(24-2)8-7-9-18(19)25-3/h7-13H,4-6,14H2,1-3H3. The number of methoxy groups -OCH3 is 2. The molecule has 0 radical (unpaired) electrons. The number of ether oxygens (including phenoxy) is 4. The van der Waals surface area contributed by atoms with Gasteiger partial charge >= 0.3 is 11.9 Å². The largest absolute Gasteiger partial charge is 0.493 e. The predicted molar refractivity (Wildman–Crippen MR) is 101 cm³/mol. The van der Waals surface area contributed by atoms with Gasteiger partial charge in [0, 0.05) is 0 Å². The number of rotatable bonds is 9. The Labute approximate surface area is 159 Å². The Morgan fingerprint density at radius 2 is 1.37 bits per heavy atom. The molecule has 144 valence electrons. The first kappa shape index (κ1) is 20.3. The molecule has 0 aliphatic rings. The van der Waals surface area contributed by atoms with Crippen LogP contribution in [0.2, 0.25) is 0 Å². The van der Waals surface area contributed by atoms with E-state index in [0.29, 0.717) is 29.2 Å². The highest BCUT2D eigenvalue weighted by Gasteiger charge is 2.17. The Kier molecular flexibility index (Phi) is 7.67. The minimum Gasteiger partial charge on any atom is -0.493 e. The van der Waals surface area contributed by atoms with Gasteiger partial charge in [-0.1, -0.05) is 25.8 Å². The van der Waals surface area contributed by atoms with E-state index in [1.165, 1.54) is 38.5 Å². The first-order valence-electron chi connectivity index (χ1n) is 8.81. The first-order valence-corrected chi connectivity index (χ1v) is 8.81. The second kappa shape index (κ2) is 10.2. The summed E-state index contributed by atoms with van der Waals surface area (Å²) in [5.41, 5.74) is 0.684. The first-order chi connectivity index (χ1) is 13.1. The Morgan fingerprint density at radius 1 is 0.815 bits per heavy atom. The van der Waals surface area contributed by atoms with E-state index in [9.17, 15) is 9.59 Å². The average Bonchev–Trinajstić information content (AvgIpc) is 2.71. The number of carbonyl (C=O) groups is 2. The normalized spacial score (nSPS) is 10.2. The maximum absolute atomic E-state index is 12.4. The van der Waals surface area contributed by atoms with Crippen LogP contribution in [0.3, 0.4) is 0 Å². The van der Waals surface area contributed by atoms with Gasteiger partial charge in [-0.3, -0.25) is 0 Å². The Hall–Kier alpha value is -3.02. The highest BCUT2D eigenvalue weighted by Crippen LogP contribution is 2.37. The molecule has 0 fully saturated rings. The van der Waals surface area contributed by atoms with Gasteiger partial charge in [-0.2, -0.15) is 0 Å². The maximum Gasteiger partial charge on any atom is 0.343 e. The molecule has 0 amide bonds. The zero-order valence-corrected chi connectivity index (χ0v) is 15.8. The molecule has 2 aromatic carbocycles. The fourth-order valence-electron chi connectivity index (χ4n) is 2.41. The van der Waals surface area contributed by atoms with Crippen molar-refractivity contribution >= 4 is 11.9 Å². The number of carbonyl (C=O) groups excluding carboxylic acids is 2. The number of hydrogen-bond donors (Lipinski definition) is 0. The summed E-state index contributed by atoms with van der Waals surface area (Å²) in [5, 5.41) is 0. The molecular weight excluding hydrogens is 348 g/mol. The number of unbranched alkanes of at least 4 members (excludes halogenated alkanes) is 2. The van der Waals surface area contributed by atoms with Crippen LogP contribution in [0.1, 0.15) is 46.9 Å². The van der Waals surface area contributed by atoms with Crippen molar-refractivity contribution in [3.63, 3.8) is 0 Å². The van der Waals surface area contributed by atoms with Crippen LogP contribution in [-0.2, 0) is 4.74 Å². The van der Waals surface area contributed by atoms with Crippen molar-refractivity contribution in [3.05, 3.63) is 53.6 Å². The van der Waals surface area contributed by atoms with Crippen LogP contribution in [0.25, 0.3) is 0 Å². The van der Waals surface area contributed by atoms with Gasteiger partial charge in [0.2, 0.25) is 5.75 Å². The summed E-state index contributed by atoms with van der Waals surface area (Å²) in [4.78, 5) is 24.4. The van der Waals surface area contributed by atoms with Gasteiger partial charge in [0.15, 0.2) is 11.5 Å². The third-order valence-electron chi connectivity index (χ3n) is 3.91. The molecule has 2 aromatic rings. The van der Waals surface area contributed by atoms with E-state index in [2.05, 4.69) is 6.92 Å². The lowest BCUT2D eigenvalue weighted by molar-refractivity contribution is 0.0497. The summed E-state index contributed by atoms with van der Waals surface area (Å²) < 4.78 is 21.1. The molecule has 2 rings (SSSR count). The second-order valence-electron chi connectivity index (χ2n) is 5.80. The molecule has 0 unspecified atom stereocenters. The number of esters is 2. The maximum atomic E-state index is 12.4. The summed E-state index contributed by atoms with van der Waals surface area (Å²) in [7, 11) is 2.96.